The zero-order valence-electron chi connectivity index (χ0n) is 21.6. The van der Waals surface area contributed by atoms with E-state index in [4.69, 9.17) is 10.5 Å². The molecule has 0 bridgehead atoms. The lowest BCUT2D eigenvalue weighted by molar-refractivity contribution is -0.149. The molecule has 3 heterocycles. The number of rotatable bonds is 7. The van der Waals surface area contributed by atoms with Gasteiger partial charge >= 0.3 is 6.18 Å². The van der Waals surface area contributed by atoms with Crippen molar-refractivity contribution in [2.45, 2.75) is 37.4 Å². The van der Waals surface area contributed by atoms with Crippen molar-refractivity contribution in [2.75, 3.05) is 13.2 Å². The SMILES string of the molecule is Cc1cc2cc(C(=O)NCC(c3cc4c(c(-c5ccc(F)cc5)n3)OC[C@]4(C)C(N)C=O)C(F)(F)F)ccc2[nH]1. The number of nitrogens with zero attached hydrogens (tertiary/aromatic N) is 1. The Labute approximate surface area is 226 Å². The summed E-state index contributed by atoms with van der Waals surface area (Å²) in [4.78, 5) is 31.9. The second kappa shape index (κ2) is 10.1. The Morgan fingerprint density at radius 3 is 2.60 bits per heavy atom. The van der Waals surface area contributed by atoms with Gasteiger partial charge in [0.25, 0.3) is 5.91 Å². The van der Waals surface area contributed by atoms with Crippen LogP contribution in [0.3, 0.4) is 0 Å². The molecule has 3 atom stereocenters. The Kier molecular flexibility index (Phi) is 6.87. The van der Waals surface area contributed by atoms with Gasteiger partial charge in [0.1, 0.15) is 29.5 Å². The van der Waals surface area contributed by atoms with Gasteiger partial charge in [-0.1, -0.05) is 6.92 Å². The zero-order valence-corrected chi connectivity index (χ0v) is 21.6. The molecule has 2 unspecified atom stereocenters. The van der Waals surface area contributed by atoms with Gasteiger partial charge in [-0.2, -0.15) is 13.2 Å². The molecule has 1 aliphatic heterocycles. The minimum absolute atomic E-state index is 0.0585. The first-order chi connectivity index (χ1) is 18.9. The fourth-order valence-corrected chi connectivity index (χ4v) is 4.93. The van der Waals surface area contributed by atoms with Crippen molar-refractivity contribution < 1.29 is 31.9 Å². The van der Waals surface area contributed by atoms with Crippen LogP contribution in [-0.4, -0.2) is 47.5 Å². The van der Waals surface area contributed by atoms with Crippen LogP contribution in [0.15, 0.2) is 54.6 Å². The predicted octanol–water partition coefficient (Wildman–Crippen LogP) is 4.93. The van der Waals surface area contributed by atoms with E-state index < -0.39 is 47.5 Å². The summed E-state index contributed by atoms with van der Waals surface area (Å²) in [6, 6.07) is 11.9. The number of aryl methyl sites for hydroxylation is 1. The summed E-state index contributed by atoms with van der Waals surface area (Å²) < 4.78 is 62.8. The molecule has 11 heteroatoms. The second-order valence-electron chi connectivity index (χ2n) is 10.2. The summed E-state index contributed by atoms with van der Waals surface area (Å²) in [6.45, 7) is 2.63. The normalized spacial score (nSPS) is 18.2. The quantitative estimate of drug-likeness (QED) is 0.222. The van der Waals surface area contributed by atoms with Crippen LogP contribution < -0.4 is 15.8 Å². The number of pyridine rings is 1. The summed E-state index contributed by atoms with van der Waals surface area (Å²) >= 11 is 0. The molecule has 0 spiro atoms. The van der Waals surface area contributed by atoms with Gasteiger partial charge in [-0.15, -0.1) is 0 Å². The summed E-state index contributed by atoms with van der Waals surface area (Å²) in [5, 5.41) is 3.15. The Hall–Kier alpha value is -4.25. The molecule has 0 radical (unpaired) electrons. The highest BCUT2D eigenvalue weighted by molar-refractivity contribution is 5.98. The van der Waals surface area contributed by atoms with E-state index in [1.807, 2.05) is 13.0 Å². The average molecular weight is 555 g/mol. The van der Waals surface area contributed by atoms with Crippen LogP contribution in [0.1, 0.15) is 40.2 Å². The lowest BCUT2D eigenvalue weighted by Gasteiger charge is -2.27. The second-order valence-corrected chi connectivity index (χ2v) is 10.2. The average Bonchev–Trinajstić information content (AvgIpc) is 3.46. The topological polar surface area (TPSA) is 110 Å². The highest BCUT2D eigenvalue weighted by atomic mass is 19.4. The zero-order chi connectivity index (χ0) is 28.8. The highest BCUT2D eigenvalue weighted by Crippen LogP contribution is 2.47. The van der Waals surface area contributed by atoms with Gasteiger partial charge in [0, 0.05) is 39.8 Å². The fourth-order valence-electron chi connectivity index (χ4n) is 4.93. The maximum absolute atomic E-state index is 14.5. The number of aromatic nitrogens is 2. The molecule has 0 fully saturated rings. The largest absolute Gasteiger partial charge is 0.490 e. The monoisotopic (exact) mass is 554 g/mol. The number of hydrogen-bond donors (Lipinski definition) is 3. The van der Waals surface area contributed by atoms with Gasteiger partial charge in [-0.05, 0) is 61.5 Å². The van der Waals surface area contributed by atoms with Crippen LogP contribution in [-0.2, 0) is 10.2 Å². The van der Waals surface area contributed by atoms with Crippen LogP contribution >= 0.6 is 0 Å². The number of halogens is 4. The Bertz CT molecular complexity index is 1600. The van der Waals surface area contributed by atoms with Gasteiger partial charge in [-0.25, -0.2) is 9.37 Å². The molecular weight excluding hydrogens is 528 g/mol. The number of nitrogens with two attached hydrogens (primary N) is 1. The number of ether oxygens (including phenoxy) is 1. The van der Waals surface area contributed by atoms with Crippen molar-refractivity contribution in [1.82, 2.24) is 15.3 Å². The third kappa shape index (κ3) is 4.92. The number of carbonyl (C=O) groups excluding carboxylic acids is 2. The van der Waals surface area contributed by atoms with E-state index in [0.29, 0.717) is 11.8 Å². The molecule has 0 saturated carbocycles. The standard InChI is InChI=1S/C29H26F4N4O3/c1-15-9-18-10-17(5-8-22(18)36-15)27(39)35-12-21(29(31,32)33)23-11-20-26(40-14-28(20,2)24(34)13-38)25(37-23)16-3-6-19(30)7-4-16/h3-11,13,21,24,36H,12,14,34H2,1-2H3,(H,35,39)/t21?,24?,28-/m0/s1. The minimum Gasteiger partial charge on any atom is -0.490 e. The maximum Gasteiger partial charge on any atom is 0.398 e. The molecule has 208 valence electrons. The molecule has 4 aromatic rings. The molecule has 2 aromatic carbocycles. The number of alkyl halides is 3. The lowest BCUT2D eigenvalue weighted by Crippen LogP contribution is -2.45. The Morgan fingerprint density at radius 1 is 1.20 bits per heavy atom. The molecular formula is C29H26F4N4O3. The van der Waals surface area contributed by atoms with Gasteiger partial charge in [0.15, 0.2) is 0 Å². The number of amides is 1. The summed E-state index contributed by atoms with van der Waals surface area (Å²) in [7, 11) is 0. The van der Waals surface area contributed by atoms with Crippen molar-refractivity contribution >= 4 is 23.1 Å². The number of nitrogens with one attached hydrogen (secondary N) is 2. The van der Waals surface area contributed by atoms with E-state index in [1.54, 1.807) is 19.1 Å². The Balaban J connectivity index is 1.54. The molecule has 2 aromatic heterocycles. The number of fused-ring (bicyclic) bond motifs is 2. The van der Waals surface area contributed by atoms with Gasteiger partial charge in [-0.3, -0.25) is 4.79 Å². The van der Waals surface area contributed by atoms with E-state index >= 15 is 0 Å². The first kappa shape index (κ1) is 27.3. The predicted molar refractivity (Wildman–Crippen MR) is 141 cm³/mol. The van der Waals surface area contributed by atoms with Gasteiger partial charge < -0.3 is 25.6 Å². The van der Waals surface area contributed by atoms with E-state index in [-0.39, 0.29) is 29.2 Å². The third-order valence-electron chi connectivity index (χ3n) is 7.36. The summed E-state index contributed by atoms with van der Waals surface area (Å²) in [5.74, 6) is -3.23. The van der Waals surface area contributed by atoms with Crippen LogP contribution in [0.5, 0.6) is 5.75 Å². The maximum atomic E-state index is 14.5. The minimum atomic E-state index is -4.79. The number of benzene rings is 2. The molecule has 1 amide bonds. The van der Waals surface area contributed by atoms with Gasteiger partial charge in [0.2, 0.25) is 0 Å². The third-order valence-corrected chi connectivity index (χ3v) is 7.36. The molecule has 5 rings (SSSR count). The number of aldehydes is 1. The van der Waals surface area contributed by atoms with E-state index in [1.165, 1.54) is 24.3 Å². The van der Waals surface area contributed by atoms with Crippen molar-refractivity contribution in [3.05, 3.63) is 82.9 Å². The molecule has 1 aliphatic rings. The fraction of sp³-hybridized carbons (Fsp3) is 0.276. The highest BCUT2D eigenvalue weighted by Gasteiger charge is 2.47. The number of carbonyl (C=O) groups is 2. The number of aromatic amines is 1. The van der Waals surface area contributed by atoms with Crippen LogP contribution in [0, 0.1) is 12.7 Å². The molecule has 7 nitrogen and oxygen atoms in total. The smallest absolute Gasteiger partial charge is 0.398 e. The number of hydrogen-bond acceptors (Lipinski definition) is 5. The van der Waals surface area contributed by atoms with E-state index in [9.17, 15) is 27.2 Å². The molecule has 0 saturated heterocycles. The molecule has 0 aliphatic carbocycles. The van der Waals surface area contributed by atoms with Gasteiger partial charge in [0.05, 0.1) is 23.8 Å². The van der Waals surface area contributed by atoms with Crippen molar-refractivity contribution in [3.63, 3.8) is 0 Å². The lowest BCUT2D eigenvalue weighted by atomic mass is 9.77. The van der Waals surface area contributed by atoms with Crippen LogP contribution in [0.25, 0.3) is 22.2 Å². The molecule has 4 N–H and O–H groups in total. The molecule has 40 heavy (non-hydrogen) atoms. The van der Waals surface area contributed by atoms with Crippen LogP contribution in [0.4, 0.5) is 17.6 Å². The summed E-state index contributed by atoms with van der Waals surface area (Å²) in [6.07, 6.45) is -4.28. The first-order valence-corrected chi connectivity index (χ1v) is 12.5. The van der Waals surface area contributed by atoms with E-state index in [2.05, 4.69) is 15.3 Å². The van der Waals surface area contributed by atoms with Crippen molar-refractivity contribution in [3.8, 4) is 17.0 Å². The first-order valence-electron chi connectivity index (χ1n) is 12.5. The number of H-pyrrole nitrogens is 1. The summed E-state index contributed by atoms with van der Waals surface area (Å²) in [5.41, 5.74) is 7.09. The van der Waals surface area contributed by atoms with E-state index in [0.717, 1.165) is 28.7 Å². The Morgan fingerprint density at radius 2 is 1.93 bits per heavy atom. The van der Waals surface area contributed by atoms with Crippen molar-refractivity contribution in [1.29, 1.82) is 0 Å². The van der Waals surface area contributed by atoms with Crippen LogP contribution in [0.2, 0.25) is 0 Å². The van der Waals surface area contributed by atoms with Crippen molar-refractivity contribution in [2.24, 2.45) is 5.73 Å².